The molecular formula is C21H26FNO2. The molecule has 0 heterocycles. The molecule has 3 rings (SSSR count). The maximum absolute atomic E-state index is 13.4. The summed E-state index contributed by atoms with van der Waals surface area (Å²) < 4.78 is 13.4. The Morgan fingerprint density at radius 2 is 1.84 bits per heavy atom. The van der Waals surface area contributed by atoms with Crippen molar-refractivity contribution in [2.24, 2.45) is 5.92 Å². The predicted molar refractivity (Wildman–Crippen MR) is 97.0 cm³/mol. The van der Waals surface area contributed by atoms with Crippen molar-refractivity contribution in [3.63, 3.8) is 0 Å². The van der Waals surface area contributed by atoms with E-state index in [0.29, 0.717) is 0 Å². The van der Waals surface area contributed by atoms with Gasteiger partial charge in [0.2, 0.25) is 0 Å². The summed E-state index contributed by atoms with van der Waals surface area (Å²) in [7, 11) is 4.01. The summed E-state index contributed by atoms with van der Waals surface area (Å²) in [4.78, 5) is 2.09. The van der Waals surface area contributed by atoms with E-state index in [0.717, 1.165) is 36.9 Å². The third-order valence-corrected chi connectivity index (χ3v) is 5.36. The molecule has 0 bridgehead atoms. The number of phenolic OH excluding ortho intramolecular Hbond substituents is 1. The Labute approximate surface area is 148 Å². The van der Waals surface area contributed by atoms with Gasteiger partial charge in [-0.2, -0.15) is 0 Å². The van der Waals surface area contributed by atoms with Gasteiger partial charge < -0.3 is 15.1 Å². The van der Waals surface area contributed by atoms with Crippen molar-refractivity contribution in [2.75, 3.05) is 20.6 Å². The van der Waals surface area contributed by atoms with Gasteiger partial charge in [0.1, 0.15) is 17.2 Å². The molecule has 3 nitrogen and oxygen atoms in total. The van der Waals surface area contributed by atoms with E-state index in [2.05, 4.69) is 4.90 Å². The minimum absolute atomic E-state index is 0.0362. The predicted octanol–water partition coefficient (Wildman–Crippen LogP) is 3.86. The maximum atomic E-state index is 13.4. The standard InChI is InChI=1S/C21H26FNO2/c1-23(2)14-17-6-4-8-20(15-5-3-7-19(24)13-15)21(17,25)16-9-11-18(22)12-10-16/h3,5,7,9-13,17,20,24-25H,4,6,8,14H2,1-2H3. The highest BCUT2D eigenvalue weighted by atomic mass is 19.1. The lowest BCUT2D eigenvalue weighted by atomic mass is 9.63. The van der Waals surface area contributed by atoms with Gasteiger partial charge in [-0.3, -0.25) is 0 Å². The smallest absolute Gasteiger partial charge is 0.123 e. The molecule has 134 valence electrons. The van der Waals surface area contributed by atoms with Crippen LogP contribution in [0.15, 0.2) is 48.5 Å². The zero-order valence-electron chi connectivity index (χ0n) is 14.8. The molecule has 1 aliphatic rings. The first-order valence-electron chi connectivity index (χ1n) is 8.83. The third-order valence-electron chi connectivity index (χ3n) is 5.36. The minimum atomic E-state index is -1.09. The molecule has 1 fully saturated rings. The van der Waals surface area contributed by atoms with E-state index < -0.39 is 5.60 Å². The lowest BCUT2D eigenvalue weighted by Gasteiger charge is -2.47. The summed E-state index contributed by atoms with van der Waals surface area (Å²) in [6, 6.07) is 13.3. The summed E-state index contributed by atoms with van der Waals surface area (Å²) in [5, 5.41) is 21.8. The Balaban J connectivity index is 2.09. The summed E-state index contributed by atoms with van der Waals surface area (Å²) in [5.41, 5.74) is 0.577. The largest absolute Gasteiger partial charge is 0.508 e. The van der Waals surface area contributed by atoms with Crippen LogP contribution in [-0.4, -0.2) is 35.8 Å². The number of aliphatic hydroxyl groups is 1. The third kappa shape index (κ3) is 3.55. The Bertz CT molecular complexity index is 716. The Morgan fingerprint density at radius 3 is 2.48 bits per heavy atom. The SMILES string of the molecule is CN(C)CC1CCCC(c2cccc(O)c2)C1(O)c1ccc(F)cc1. The van der Waals surface area contributed by atoms with Crippen molar-refractivity contribution in [1.29, 1.82) is 0 Å². The highest BCUT2D eigenvalue weighted by Crippen LogP contribution is 2.51. The van der Waals surface area contributed by atoms with Gasteiger partial charge in [-0.25, -0.2) is 4.39 Å². The second-order valence-corrected chi connectivity index (χ2v) is 7.37. The lowest BCUT2D eigenvalue weighted by Crippen LogP contribution is -2.47. The van der Waals surface area contributed by atoms with Crippen LogP contribution in [0.4, 0.5) is 4.39 Å². The summed E-state index contributed by atoms with van der Waals surface area (Å²) in [6.45, 7) is 0.753. The summed E-state index contributed by atoms with van der Waals surface area (Å²) >= 11 is 0. The molecule has 0 aromatic heterocycles. The van der Waals surface area contributed by atoms with Crippen LogP contribution in [0.2, 0.25) is 0 Å². The van der Waals surface area contributed by atoms with E-state index in [-0.39, 0.29) is 23.4 Å². The quantitative estimate of drug-likeness (QED) is 0.886. The molecule has 3 atom stereocenters. The first kappa shape index (κ1) is 17.9. The average molecular weight is 343 g/mol. The van der Waals surface area contributed by atoms with Crippen LogP contribution in [0.5, 0.6) is 5.75 Å². The maximum Gasteiger partial charge on any atom is 0.123 e. The molecule has 0 radical (unpaired) electrons. The van der Waals surface area contributed by atoms with Gasteiger partial charge in [-0.15, -0.1) is 0 Å². The molecule has 1 saturated carbocycles. The number of hydrogen-bond acceptors (Lipinski definition) is 3. The van der Waals surface area contributed by atoms with Crippen molar-refractivity contribution in [3.8, 4) is 5.75 Å². The molecule has 0 saturated heterocycles. The van der Waals surface area contributed by atoms with Crippen LogP contribution < -0.4 is 0 Å². The molecule has 2 N–H and O–H groups in total. The monoisotopic (exact) mass is 343 g/mol. The van der Waals surface area contributed by atoms with E-state index in [1.807, 2.05) is 26.2 Å². The van der Waals surface area contributed by atoms with Gasteiger partial charge >= 0.3 is 0 Å². The fourth-order valence-corrected chi connectivity index (χ4v) is 4.28. The zero-order chi connectivity index (χ0) is 18.0. The molecule has 0 aliphatic heterocycles. The van der Waals surface area contributed by atoms with Crippen LogP contribution in [0, 0.1) is 11.7 Å². The van der Waals surface area contributed by atoms with Crippen molar-refractivity contribution in [3.05, 3.63) is 65.5 Å². The van der Waals surface area contributed by atoms with Gasteiger partial charge in [-0.05, 0) is 62.3 Å². The Kier molecular flexibility index (Phi) is 5.11. The van der Waals surface area contributed by atoms with Crippen molar-refractivity contribution < 1.29 is 14.6 Å². The number of aromatic hydroxyl groups is 1. The van der Waals surface area contributed by atoms with Gasteiger partial charge in [0.15, 0.2) is 0 Å². The van der Waals surface area contributed by atoms with Gasteiger partial charge in [-0.1, -0.05) is 30.7 Å². The highest BCUT2D eigenvalue weighted by Gasteiger charge is 2.48. The Hall–Kier alpha value is -1.91. The van der Waals surface area contributed by atoms with E-state index in [1.165, 1.54) is 12.1 Å². The van der Waals surface area contributed by atoms with Crippen molar-refractivity contribution >= 4 is 0 Å². The van der Waals surface area contributed by atoms with Crippen LogP contribution in [0.25, 0.3) is 0 Å². The first-order chi connectivity index (χ1) is 11.9. The molecule has 2 aromatic carbocycles. The van der Waals surface area contributed by atoms with Gasteiger partial charge in [0.25, 0.3) is 0 Å². The fourth-order valence-electron chi connectivity index (χ4n) is 4.28. The number of halogens is 1. The number of benzene rings is 2. The molecule has 0 amide bonds. The highest BCUT2D eigenvalue weighted by molar-refractivity contribution is 5.36. The van der Waals surface area contributed by atoms with Crippen LogP contribution in [0.3, 0.4) is 0 Å². The van der Waals surface area contributed by atoms with Crippen molar-refractivity contribution in [1.82, 2.24) is 4.90 Å². The average Bonchev–Trinajstić information content (AvgIpc) is 2.57. The molecule has 3 unspecified atom stereocenters. The van der Waals surface area contributed by atoms with Crippen LogP contribution in [0.1, 0.15) is 36.3 Å². The van der Waals surface area contributed by atoms with Gasteiger partial charge in [0.05, 0.1) is 0 Å². The number of phenols is 1. The molecule has 2 aromatic rings. The number of hydrogen-bond donors (Lipinski definition) is 2. The molecular weight excluding hydrogens is 317 g/mol. The fraction of sp³-hybridized carbons (Fsp3) is 0.429. The van der Waals surface area contributed by atoms with Gasteiger partial charge in [0, 0.05) is 18.4 Å². The summed E-state index contributed by atoms with van der Waals surface area (Å²) in [5.74, 6) is -0.201. The number of rotatable bonds is 4. The molecule has 0 spiro atoms. The Morgan fingerprint density at radius 1 is 1.12 bits per heavy atom. The first-order valence-corrected chi connectivity index (χ1v) is 8.83. The normalized spacial score (nSPS) is 26.8. The second-order valence-electron chi connectivity index (χ2n) is 7.37. The lowest BCUT2D eigenvalue weighted by molar-refractivity contribution is -0.0804. The van der Waals surface area contributed by atoms with E-state index in [9.17, 15) is 14.6 Å². The van der Waals surface area contributed by atoms with Crippen LogP contribution in [-0.2, 0) is 5.60 Å². The molecule has 25 heavy (non-hydrogen) atoms. The number of nitrogens with zero attached hydrogens (tertiary/aromatic N) is 1. The molecule has 1 aliphatic carbocycles. The van der Waals surface area contributed by atoms with E-state index >= 15 is 0 Å². The van der Waals surface area contributed by atoms with Crippen molar-refractivity contribution in [2.45, 2.75) is 30.8 Å². The second kappa shape index (κ2) is 7.14. The van der Waals surface area contributed by atoms with E-state index in [1.54, 1.807) is 24.3 Å². The topological polar surface area (TPSA) is 43.7 Å². The molecule has 4 heteroatoms. The zero-order valence-corrected chi connectivity index (χ0v) is 14.8. The van der Waals surface area contributed by atoms with Crippen LogP contribution >= 0.6 is 0 Å². The minimum Gasteiger partial charge on any atom is -0.508 e. The van der Waals surface area contributed by atoms with E-state index in [4.69, 9.17) is 0 Å². The summed E-state index contributed by atoms with van der Waals surface area (Å²) in [6.07, 6.45) is 2.77.